The van der Waals surface area contributed by atoms with Crippen LogP contribution < -0.4 is 5.32 Å². The molecule has 0 amide bonds. The first kappa shape index (κ1) is 13.7. The molecule has 0 aliphatic carbocycles. The Labute approximate surface area is 126 Å². The van der Waals surface area contributed by atoms with Gasteiger partial charge in [0.15, 0.2) is 0 Å². The van der Waals surface area contributed by atoms with Crippen LogP contribution in [-0.4, -0.2) is 0 Å². The molecule has 0 unspecified atom stereocenters. The van der Waals surface area contributed by atoms with Crippen molar-refractivity contribution in [3.63, 3.8) is 0 Å². The molecule has 5 heteroatoms. The van der Waals surface area contributed by atoms with Crippen LogP contribution in [0.25, 0.3) is 0 Å². The molecular formula is C13H9BrF2IN. The van der Waals surface area contributed by atoms with Gasteiger partial charge in [0, 0.05) is 15.8 Å². The summed E-state index contributed by atoms with van der Waals surface area (Å²) in [5.41, 5.74) is 1.64. The van der Waals surface area contributed by atoms with Crippen LogP contribution in [0.1, 0.15) is 5.56 Å². The van der Waals surface area contributed by atoms with Gasteiger partial charge in [-0.15, -0.1) is 0 Å². The lowest BCUT2D eigenvalue weighted by Crippen LogP contribution is -2.02. The van der Waals surface area contributed by atoms with Gasteiger partial charge in [-0.3, -0.25) is 0 Å². The molecule has 0 spiro atoms. The van der Waals surface area contributed by atoms with Crippen molar-refractivity contribution in [3.05, 3.63) is 61.6 Å². The number of hydrogen-bond acceptors (Lipinski definition) is 1. The van der Waals surface area contributed by atoms with E-state index in [-0.39, 0.29) is 11.6 Å². The number of anilines is 1. The smallest absolute Gasteiger partial charge is 0.137 e. The van der Waals surface area contributed by atoms with Gasteiger partial charge in [-0.1, -0.05) is 12.1 Å². The topological polar surface area (TPSA) is 12.0 Å². The standard InChI is InChI=1S/C13H9BrF2IN/c14-13-8(2-1-3-10(13)16)7-18-12-5-4-9(15)6-11(12)17/h1-6,18H,7H2. The maximum atomic E-state index is 13.3. The minimum absolute atomic E-state index is 0.267. The van der Waals surface area contributed by atoms with Crippen molar-refractivity contribution in [3.8, 4) is 0 Å². The van der Waals surface area contributed by atoms with E-state index in [9.17, 15) is 8.78 Å². The molecule has 0 fully saturated rings. The average molecular weight is 424 g/mol. The maximum absolute atomic E-state index is 13.3. The fourth-order valence-corrected chi connectivity index (χ4v) is 2.58. The molecule has 0 aliphatic heterocycles. The highest BCUT2D eigenvalue weighted by Crippen LogP contribution is 2.23. The SMILES string of the molecule is Fc1ccc(NCc2cccc(F)c2Br)c(I)c1. The van der Waals surface area contributed by atoms with Crippen molar-refractivity contribution in [2.75, 3.05) is 5.32 Å². The Balaban J connectivity index is 2.14. The van der Waals surface area contributed by atoms with Gasteiger partial charge < -0.3 is 5.32 Å². The molecule has 94 valence electrons. The van der Waals surface area contributed by atoms with E-state index in [2.05, 4.69) is 43.8 Å². The van der Waals surface area contributed by atoms with Gasteiger partial charge in [-0.25, -0.2) is 8.78 Å². The van der Waals surface area contributed by atoms with Crippen molar-refractivity contribution in [2.24, 2.45) is 0 Å². The first-order valence-electron chi connectivity index (χ1n) is 5.20. The summed E-state index contributed by atoms with van der Waals surface area (Å²) in [5.74, 6) is -0.556. The molecule has 0 radical (unpaired) electrons. The first-order valence-corrected chi connectivity index (χ1v) is 7.07. The predicted octanol–water partition coefficient (Wildman–Crippen LogP) is 4.94. The molecule has 0 heterocycles. The van der Waals surface area contributed by atoms with Crippen LogP contribution >= 0.6 is 38.5 Å². The molecule has 0 saturated carbocycles. The Hall–Kier alpha value is -0.690. The summed E-state index contributed by atoms with van der Waals surface area (Å²) in [4.78, 5) is 0. The molecule has 1 nitrogen and oxygen atoms in total. The Morgan fingerprint density at radius 1 is 1.17 bits per heavy atom. The highest BCUT2D eigenvalue weighted by Gasteiger charge is 2.06. The van der Waals surface area contributed by atoms with Crippen LogP contribution in [0.2, 0.25) is 0 Å². The third kappa shape index (κ3) is 3.20. The van der Waals surface area contributed by atoms with Crippen LogP contribution in [0.4, 0.5) is 14.5 Å². The van der Waals surface area contributed by atoms with Crippen molar-refractivity contribution in [1.29, 1.82) is 0 Å². The lowest BCUT2D eigenvalue weighted by atomic mass is 10.2. The van der Waals surface area contributed by atoms with E-state index in [1.165, 1.54) is 18.2 Å². The second kappa shape index (κ2) is 5.97. The number of benzene rings is 2. The van der Waals surface area contributed by atoms with Crippen molar-refractivity contribution in [2.45, 2.75) is 6.54 Å². The van der Waals surface area contributed by atoms with Gasteiger partial charge in [-0.05, 0) is 68.3 Å². The molecule has 0 saturated heterocycles. The molecule has 0 aromatic heterocycles. The number of halogens is 4. The van der Waals surface area contributed by atoms with Gasteiger partial charge in [0.2, 0.25) is 0 Å². The maximum Gasteiger partial charge on any atom is 0.137 e. The quantitative estimate of drug-likeness (QED) is 0.689. The van der Waals surface area contributed by atoms with Gasteiger partial charge >= 0.3 is 0 Å². The molecule has 1 N–H and O–H groups in total. The molecule has 2 rings (SSSR count). The zero-order chi connectivity index (χ0) is 13.1. The van der Waals surface area contributed by atoms with E-state index in [4.69, 9.17) is 0 Å². The molecule has 0 aliphatic rings. The predicted molar refractivity (Wildman–Crippen MR) is 80.5 cm³/mol. The normalized spacial score (nSPS) is 10.4. The number of nitrogens with one attached hydrogen (secondary N) is 1. The average Bonchev–Trinajstić information content (AvgIpc) is 2.33. The molecule has 2 aromatic carbocycles. The summed E-state index contributed by atoms with van der Waals surface area (Å²) in [6.07, 6.45) is 0. The van der Waals surface area contributed by atoms with E-state index in [1.807, 2.05) is 6.07 Å². The summed E-state index contributed by atoms with van der Waals surface area (Å²) < 4.78 is 27.5. The largest absolute Gasteiger partial charge is 0.380 e. The van der Waals surface area contributed by atoms with Gasteiger partial charge in [-0.2, -0.15) is 0 Å². The van der Waals surface area contributed by atoms with E-state index >= 15 is 0 Å². The number of hydrogen-bond donors (Lipinski definition) is 1. The van der Waals surface area contributed by atoms with Crippen LogP contribution in [-0.2, 0) is 6.54 Å². The van der Waals surface area contributed by atoms with Crippen LogP contribution in [0.5, 0.6) is 0 Å². The Morgan fingerprint density at radius 3 is 2.67 bits per heavy atom. The summed E-state index contributed by atoms with van der Waals surface area (Å²) in [5, 5.41) is 3.15. The minimum Gasteiger partial charge on any atom is -0.380 e. The van der Waals surface area contributed by atoms with Crippen LogP contribution in [0.3, 0.4) is 0 Å². The molecule has 0 atom stereocenters. The van der Waals surface area contributed by atoms with Crippen LogP contribution in [0.15, 0.2) is 40.9 Å². The third-order valence-electron chi connectivity index (χ3n) is 2.43. The van der Waals surface area contributed by atoms with Crippen molar-refractivity contribution in [1.82, 2.24) is 0 Å². The summed E-state index contributed by atoms with van der Waals surface area (Å²) in [6, 6.07) is 9.40. The third-order valence-corrected chi connectivity index (χ3v) is 4.21. The van der Waals surface area contributed by atoms with Crippen molar-refractivity contribution >= 4 is 44.2 Å². The molecule has 18 heavy (non-hydrogen) atoms. The molecular weight excluding hydrogens is 415 g/mol. The van der Waals surface area contributed by atoms with E-state index in [0.717, 1.165) is 14.8 Å². The van der Waals surface area contributed by atoms with E-state index in [0.29, 0.717) is 11.0 Å². The van der Waals surface area contributed by atoms with Crippen LogP contribution in [0, 0.1) is 15.2 Å². The lowest BCUT2D eigenvalue weighted by Gasteiger charge is -2.10. The fourth-order valence-electron chi connectivity index (χ4n) is 1.51. The van der Waals surface area contributed by atoms with Gasteiger partial charge in [0.25, 0.3) is 0 Å². The summed E-state index contributed by atoms with van der Waals surface area (Å²) in [7, 11) is 0. The fraction of sp³-hybridized carbons (Fsp3) is 0.0769. The van der Waals surface area contributed by atoms with Crippen molar-refractivity contribution < 1.29 is 8.78 Å². The first-order chi connectivity index (χ1) is 8.58. The number of rotatable bonds is 3. The van der Waals surface area contributed by atoms with E-state index in [1.54, 1.807) is 12.1 Å². The molecule has 2 aromatic rings. The zero-order valence-corrected chi connectivity index (χ0v) is 12.9. The Bertz CT molecular complexity index is 575. The Morgan fingerprint density at radius 2 is 1.94 bits per heavy atom. The second-order valence-corrected chi connectivity index (χ2v) is 5.65. The zero-order valence-electron chi connectivity index (χ0n) is 9.18. The Kier molecular flexibility index (Phi) is 4.55. The highest BCUT2D eigenvalue weighted by molar-refractivity contribution is 14.1. The summed E-state index contributed by atoms with van der Waals surface area (Å²) in [6.45, 7) is 0.472. The van der Waals surface area contributed by atoms with Gasteiger partial charge in [0.05, 0.1) is 4.47 Å². The van der Waals surface area contributed by atoms with E-state index < -0.39 is 0 Å². The second-order valence-electron chi connectivity index (χ2n) is 3.69. The monoisotopic (exact) mass is 423 g/mol. The summed E-state index contributed by atoms with van der Waals surface area (Å²) >= 11 is 5.26. The molecule has 0 bridgehead atoms. The van der Waals surface area contributed by atoms with Gasteiger partial charge in [0.1, 0.15) is 11.6 Å². The highest BCUT2D eigenvalue weighted by atomic mass is 127. The lowest BCUT2D eigenvalue weighted by molar-refractivity contribution is 0.618. The minimum atomic E-state index is -0.289.